The van der Waals surface area contributed by atoms with E-state index in [-0.39, 0.29) is 36.5 Å². The molecule has 0 radical (unpaired) electrons. The van der Waals surface area contributed by atoms with Crippen molar-refractivity contribution in [2.24, 2.45) is 16.6 Å². The Morgan fingerprint density at radius 2 is 2.12 bits per heavy atom. The number of alkyl halides is 3. The van der Waals surface area contributed by atoms with Gasteiger partial charge < -0.3 is 10.6 Å². The van der Waals surface area contributed by atoms with E-state index in [9.17, 15) is 13.2 Å². The highest BCUT2D eigenvalue weighted by atomic mass is 127. The molecule has 1 fully saturated rings. The molecule has 1 atom stereocenters. The molecule has 0 bridgehead atoms. The van der Waals surface area contributed by atoms with Crippen LogP contribution < -0.4 is 5.73 Å². The number of guanidine groups is 1. The fourth-order valence-corrected chi connectivity index (χ4v) is 1.79. The molecule has 0 aromatic carbocycles. The molecule has 0 aromatic rings. The van der Waals surface area contributed by atoms with Crippen LogP contribution in [0.2, 0.25) is 0 Å². The third kappa shape index (κ3) is 6.95. The van der Waals surface area contributed by atoms with Crippen molar-refractivity contribution in [2.45, 2.75) is 32.4 Å². The van der Waals surface area contributed by atoms with Gasteiger partial charge in [0.25, 0.3) is 0 Å². The molecule has 0 saturated carbocycles. The molecule has 0 aromatic heterocycles. The van der Waals surface area contributed by atoms with Crippen molar-refractivity contribution in [1.29, 1.82) is 0 Å². The summed E-state index contributed by atoms with van der Waals surface area (Å²) in [6, 6.07) is 0. The van der Waals surface area contributed by atoms with E-state index >= 15 is 0 Å². The van der Waals surface area contributed by atoms with E-state index in [4.69, 9.17) is 5.73 Å². The first-order chi connectivity index (χ1) is 7.38. The highest BCUT2D eigenvalue weighted by molar-refractivity contribution is 14.0. The Labute approximate surface area is 117 Å². The van der Waals surface area contributed by atoms with Gasteiger partial charge in [0.1, 0.15) is 0 Å². The number of likely N-dealkylation sites (tertiary alicyclic amines) is 1. The number of hydrogen-bond acceptors (Lipinski definition) is 1. The van der Waals surface area contributed by atoms with E-state index in [2.05, 4.69) is 11.9 Å². The summed E-state index contributed by atoms with van der Waals surface area (Å²) in [5.74, 6) is 0.779. The summed E-state index contributed by atoms with van der Waals surface area (Å²) < 4.78 is 35.7. The van der Waals surface area contributed by atoms with Crippen molar-refractivity contribution >= 4 is 29.9 Å². The number of nitrogens with two attached hydrogens (primary N) is 1. The monoisotopic (exact) mass is 365 g/mol. The van der Waals surface area contributed by atoms with Gasteiger partial charge in [0.15, 0.2) is 5.96 Å². The van der Waals surface area contributed by atoms with E-state index in [0.717, 1.165) is 25.9 Å². The molecule has 0 amide bonds. The maximum Gasteiger partial charge on any atom is 0.390 e. The average molecular weight is 365 g/mol. The predicted molar refractivity (Wildman–Crippen MR) is 72.5 cm³/mol. The predicted octanol–water partition coefficient (Wildman–Crippen LogP) is 2.60. The Hall–Kier alpha value is -0.210. The molecule has 17 heavy (non-hydrogen) atoms. The number of halogens is 4. The zero-order chi connectivity index (χ0) is 12.2. The van der Waals surface area contributed by atoms with Gasteiger partial charge in [0, 0.05) is 13.1 Å². The van der Waals surface area contributed by atoms with Crippen LogP contribution in [0.25, 0.3) is 0 Å². The lowest BCUT2D eigenvalue weighted by molar-refractivity contribution is -0.132. The fraction of sp³-hybridized carbons (Fsp3) is 0.900. The van der Waals surface area contributed by atoms with Gasteiger partial charge in [-0.15, -0.1) is 24.0 Å². The van der Waals surface area contributed by atoms with Gasteiger partial charge in [-0.1, -0.05) is 6.92 Å². The summed E-state index contributed by atoms with van der Waals surface area (Å²) in [7, 11) is 0. The van der Waals surface area contributed by atoms with Crippen LogP contribution in [0.15, 0.2) is 4.99 Å². The lowest BCUT2D eigenvalue weighted by Gasteiger charge is -2.31. The average Bonchev–Trinajstić information content (AvgIpc) is 2.15. The van der Waals surface area contributed by atoms with Crippen LogP contribution in [0.5, 0.6) is 0 Å². The summed E-state index contributed by atoms with van der Waals surface area (Å²) in [6.07, 6.45) is -2.89. The topological polar surface area (TPSA) is 41.6 Å². The maximum absolute atomic E-state index is 11.9. The second-order valence-electron chi connectivity index (χ2n) is 4.30. The normalized spacial score (nSPS) is 22.2. The van der Waals surface area contributed by atoms with Crippen LogP contribution in [0.4, 0.5) is 13.2 Å². The smallest absolute Gasteiger partial charge is 0.370 e. The summed E-state index contributed by atoms with van der Waals surface area (Å²) in [5, 5.41) is 0. The van der Waals surface area contributed by atoms with Crippen molar-refractivity contribution in [3.63, 3.8) is 0 Å². The third-order valence-corrected chi connectivity index (χ3v) is 2.65. The van der Waals surface area contributed by atoms with Gasteiger partial charge >= 0.3 is 6.18 Å². The summed E-state index contributed by atoms with van der Waals surface area (Å²) in [4.78, 5) is 5.63. The summed E-state index contributed by atoms with van der Waals surface area (Å²) in [6.45, 7) is 3.42. The van der Waals surface area contributed by atoms with E-state index in [1.807, 2.05) is 4.90 Å². The number of piperidine rings is 1. The molecule has 102 valence electrons. The molecule has 1 saturated heterocycles. The molecule has 1 unspecified atom stereocenters. The lowest BCUT2D eigenvalue weighted by atomic mass is 10.0. The molecule has 0 aliphatic carbocycles. The minimum Gasteiger partial charge on any atom is -0.370 e. The van der Waals surface area contributed by atoms with Crippen LogP contribution >= 0.6 is 24.0 Å². The molecule has 3 nitrogen and oxygen atoms in total. The van der Waals surface area contributed by atoms with Crippen LogP contribution in [-0.2, 0) is 0 Å². The molecular formula is C10H19F3IN3. The van der Waals surface area contributed by atoms with Crippen molar-refractivity contribution in [2.75, 3.05) is 19.6 Å². The standard InChI is InChI=1S/C10H18F3N3.HI/c1-8-3-2-6-16(7-8)9(14)15-5-4-10(11,12)13;/h8H,2-7H2,1H3,(H2,14,15);1H. The van der Waals surface area contributed by atoms with E-state index < -0.39 is 12.6 Å². The van der Waals surface area contributed by atoms with Gasteiger partial charge in [-0.3, -0.25) is 4.99 Å². The Morgan fingerprint density at radius 3 is 2.65 bits per heavy atom. The highest BCUT2D eigenvalue weighted by Crippen LogP contribution is 2.19. The van der Waals surface area contributed by atoms with Gasteiger partial charge in [-0.2, -0.15) is 13.2 Å². The molecule has 0 spiro atoms. The van der Waals surface area contributed by atoms with Gasteiger partial charge in [0.05, 0.1) is 13.0 Å². The molecule has 1 aliphatic heterocycles. The quantitative estimate of drug-likeness (QED) is 0.464. The van der Waals surface area contributed by atoms with Crippen molar-refractivity contribution in [3.8, 4) is 0 Å². The van der Waals surface area contributed by atoms with E-state index in [1.54, 1.807) is 0 Å². The lowest BCUT2D eigenvalue weighted by Crippen LogP contribution is -2.43. The molecule has 1 aliphatic rings. The van der Waals surface area contributed by atoms with Crippen LogP contribution in [0, 0.1) is 5.92 Å². The minimum atomic E-state index is -4.15. The number of nitrogens with zero attached hydrogens (tertiary/aromatic N) is 2. The third-order valence-electron chi connectivity index (χ3n) is 2.65. The first kappa shape index (κ1) is 16.8. The Balaban J connectivity index is 0.00000256. The van der Waals surface area contributed by atoms with E-state index in [0.29, 0.717) is 5.92 Å². The van der Waals surface area contributed by atoms with Crippen molar-refractivity contribution < 1.29 is 13.2 Å². The summed E-state index contributed by atoms with van der Waals surface area (Å²) in [5.41, 5.74) is 5.65. The second kappa shape index (κ2) is 7.27. The Kier molecular flexibility index (Phi) is 7.18. The maximum atomic E-state index is 11.9. The second-order valence-corrected chi connectivity index (χ2v) is 4.30. The largest absolute Gasteiger partial charge is 0.390 e. The minimum absolute atomic E-state index is 0. The van der Waals surface area contributed by atoms with Gasteiger partial charge in [-0.25, -0.2) is 0 Å². The molecular weight excluding hydrogens is 346 g/mol. The summed E-state index contributed by atoms with van der Waals surface area (Å²) >= 11 is 0. The van der Waals surface area contributed by atoms with Crippen LogP contribution in [-0.4, -0.2) is 36.7 Å². The number of aliphatic imine (C=N–C) groups is 1. The molecule has 1 heterocycles. The Morgan fingerprint density at radius 1 is 1.47 bits per heavy atom. The molecule has 1 rings (SSSR count). The first-order valence-corrected chi connectivity index (χ1v) is 5.50. The van der Waals surface area contributed by atoms with Gasteiger partial charge in [0.2, 0.25) is 0 Å². The van der Waals surface area contributed by atoms with E-state index in [1.165, 1.54) is 0 Å². The highest BCUT2D eigenvalue weighted by Gasteiger charge is 2.26. The van der Waals surface area contributed by atoms with Crippen molar-refractivity contribution in [1.82, 2.24) is 4.90 Å². The SMILES string of the molecule is CC1CCCN(C(N)=NCCC(F)(F)F)C1.I. The fourth-order valence-electron chi connectivity index (χ4n) is 1.79. The zero-order valence-corrected chi connectivity index (χ0v) is 12.2. The first-order valence-electron chi connectivity index (χ1n) is 5.50. The Bertz CT molecular complexity index is 256. The van der Waals surface area contributed by atoms with Crippen molar-refractivity contribution in [3.05, 3.63) is 0 Å². The number of rotatable bonds is 2. The molecule has 2 N–H and O–H groups in total. The zero-order valence-electron chi connectivity index (χ0n) is 9.83. The van der Waals surface area contributed by atoms with Crippen LogP contribution in [0.3, 0.4) is 0 Å². The van der Waals surface area contributed by atoms with Crippen LogP contribution in [0.1, 0.15) is 26.2 Å². The number of hydrogen-bond donors (Lipinski definition) is 1. The molecule has 7 heteroatoms. The van der Waals surface area contributed by atoms with Gasteiger partial charge in [-0.05, 0) is 18.8 Å².